The summed E-state index contributed by atoms with van der Waals surface area (Å²) in [6.07, 6.45) is 8.92. The van der Waals surface area contributed by atoms with Crippen molar-refractivity contribution in [3.63, 3.8) is 0 Å². The van der Waals surface area contributed by atoms with E-state index in [2.05, 4.69) is 39.7 Å². The Bertz CT molecular complexity index is 2580. The first kappa shape index (κ1) is 38.7. The van der Waals surface area contributed by atoms with Gasteiger partial charge in [0.15, 0.2) is 0 Å². The van der Waals surface area contributed by atoms with Crippen LogP contribution in [-0.2, 0) is 16.0 Å². The van der Waals surface area contributed by atoms with E-state index in [1.54, 1.807) is 30.6 Å². The van der Waals surface area contributed by atoms with E-state index >= 15 is 0 Å². The zero-order valence-electron chi connectivity index (χ0n) is 32.8. The number of aryl methyl sites for hydroxylation is 1. The third-order valence-electron chi connectivity index (χ3n) is 10.7. The minimum Gasteiger partial charge on any atom is -0.493 e. The van der Waals surface area contributed by atoms with Gasteiger partial charge in [0.05, 0.1) is 30.0 Å². The molecule has 2 aromatic heterocycles. The number of rotatable bonds is 15. The van der Waals surface area contributed by atoms with Gasteiger partial charge >= 0.3 is 0 Å². The lowest BCUT2D eigenvalue weighted by atomic mass is 9.96. The Kier molecular flexibility index (Phi) is 11.2. The fourth-order valence-corrected chi connectivity index (χ4v) is 7.79. The van der Waals surface area contributed by atoms with E-state index in [0.717, 1.165) is 57.3 Å². The maximum atomic E-state index is 13.7. The van der Waals surface area contributed by atoms with Crippen molar-refractivity contribution < 1.29 is 28.7 Å². The molecule has 1 atom stereocenters. The van der Waals surface area contributed by atoms with Gasteiger partial charge in [-0.2, -0.15) is 5.10 Å². The molecule has 2 aliphatic rings. The fourth-order valence-electron chi connectivity index (χ4n) is 7.79. The van der Waals surface area contributed by atoms with Crippen molar-refractivity contribution >= 4 is 29.7 Å². The molecule has 1 aliphatic heterocycles. The van der Waals surface area contributed by atoms with Gasteiger partial charge in [-0.3, -0.25) is 29.3 Å². The molecule has 59 heavy (non-hydrogen) atoms. The SMILES string of the molecule is CN=C1CCc2cc(-c3cn(-c4ccc(OCCCOc5cccc(-c6cccc7c6C(=O)N(C(CCC=O)C(=O)NC)C7=O)c5)cc4)nc3-c3ccncc3)ccc21. The highest BCUT2D eigenvalue weighted by molar-refractivity contribution is 6.25. The summed E-state index contributed by atoms with van der Waals surface area (Å²) in [7, 11) is 3.29. The number of hydrogen-bond acceptors (Lipinski definition) is 9. The highest BCUT2D eigenvalue weighted by atomic mass is 16.5. The van der Waals surface area contributed by atoms with E-state index in [0.29, 0.717) is 42.8 Å². The van der Waals surface area contributed by atoms with Gasteiger partial charge in [0, 0.05) is 62.4 Å². The number of imide groups is 1. The zero-order valence-corrected chi connectivity index (χ0v) is 32.8. The Morgan fingerprint density at radius 2 is 1.56 bits per heavy atom. The number of pyridine rings is 1. The van der Waals surface area contributed by atoms with E-state index in [1.165, 1.54) is 18.2 Å². The second-order valence-corrected chi connectivity index (χ2v) is 14.3. The number of aromatic nitrogens is 3. The van der Waals surface area contributed by atoms with Crippen LogP contribution >= 0.6 is 0 Å². The number of carbonyl (C=O) groups is 4. The minimum atomic E-state index is -1.09. The molecule has 0 bridgehead atoms. The summed E-state index contributed by atoms with van der Waals surface area (Å²) in [6, 6.07) is 29.6. The van der Waals surface area contributed by atoms with E-state index in [1.807, 2.05) is 72.4 Å². The van der Waals surface area contributed by atoms with Gasteiger partial charge in [0.2, 0.25) is 5.91 Å². The number of ether oxygens (including phenoxy) is 2. The molecule has 0 spiro atoms. The summed E-state index contributed by atoms with van der Waals surface area (Å²) in [5.41, 5.74) is 10.3. The van der Waals surface area contributed by atoms with Gasteiger partial charge in [0.1, 0.15) is 29.5 Å². The van der Waals surface area contributed by atoms with Gasteiger partial charge in [-0.1, -0.05) is 42.5 Å². The molecule has 0 fully saturated rings. The van der Waals surface area contributed by atoms with Gasteiger partial charge in [-0.05, 0) is 102 Å². The number of amides is 3. The summed E-state index contributed by atoms with van der Waals surface area (Å²) in [4.78, 5) is 60.5. The maximum Gasteiger partial charge on any atom is 0.262 e. The number of aliphatic imine (C=N–C) groups is 1. The standard InChI is InChI=1S/C47H42N6O6/c1-48-41-19-13-32-27-33(12-18-37(32)41)40-29-52(51-44(40)30-20-22-50-23-21-30)34-14-16-35(17-15-34)58-25-6-26-59-36-8-3-7-31(28-36)38-9-4-10-39-43(38)47(57)53(46(39)56)42(11-5-24-54)45(55)49-2/h3-4,7-10,12,14-18,20-24,27-29,42H,5-6,11,13,19,25-26H2,1-2H3,(H,49,55). The largest absolute Gasteiger partial charge is 0.493 e. The van der Waals surface area contributed by atoms with Crippen LogP contribution in [0.4, 0.5) is 0 Å². The number of carbonyl (C=O) groups excluding carboxylic acids is 4. The van der Waals surface area contributed by atoms with E-state index < -0.39 is 23.8 Å². The molecular weight excluding hydrogens is 745 g/mol. The second kappa shape index (κ2) is 17.1. The van der Waals surface area contributed by atoms with Gasteiger partial charge in [-0.25, -0.2) is 4.68 Å². The van der Waals surface area contributed by atoms with Gasteiger partial charge in [-0.15, -0.1) is 0 Å². The van der Waals surface area contributed by atoms with Crippen LogP contribution in [0.15, 0.2) is 121 Å². The number of aldehydes is 1. The van der Waals surface area contributed by atoms with Crippen LogP contribution in [0.25, 0.3) is 39.2 Å². The lowest BCUT2D eigenvalue weighted by molar-refractivity contribution is -0.124. The Morgan fingerprint density at radius 1 is 0.814 bits per heavy atom. The molecule has 1 unspecified atom stereocenters. The average Bonchev–Trinajstić information content (AvgIpc) is 3.98. The minimum absolute atomic E-state index is 0.0322. The Balaban J connectivity index is 0.904. The first-order valence-electron chi connectivity index (χ1n) is 19.6. The molecule has 1 aliphatic carbocycles. The molecule has 3 amide bonds. The van der Waals surface area contributed by atoms with Crippen molar-refractivity contribution in [3.8, 4) is 50.7 Å². The lowest BCUT2D eigenvalue weighted by Gasteiger charge is -2.24. The molecule has 0 saturated heterocycles. The molecule has 3 heterocycles. The van der Waals surface area contributed by atoms with Crippen molar-refractivity contribution in [2.75, 3.05) is 27.3 Å². The summed E-state index contributed by atoms with van der Waals surface area (Å²) < 4.78 is 14.0. The van der Waals surface area contributed by atoms with Crippen molar-refractivity contribution in [1.82, 2.24) is 25.0 Å². The van der Waals surface area contributed by atoms with Crippen LogP contribution < -0.4 is 14.8 Å². The summed E-state index contributed by atoms with van der Waals surface area (Å²) >= 11 is 0. The van der Waals surface area contributed by atoms with E-state index in [4.69, 9.17) is 14.6 Å². The highest BCUT2D eigenvalue weighted by Crippen LogP contribution is 2.37. The van der Waals surface area contributed by atoms with Crippen LogP contribution in [0.3, 0.4) is 0 Å². The third-order valence-corrected chi connectivity index (χ3v) is 10.7. The molecule has 296 valence electrons. The van der Waals surface area contributed by atoms with Crippen LogP contribution in [0.1, 0.15) is 57.5 Å². The number of benzene rings is 4. The third kappa shape index (κ3) is 7.76. The fraction of sp³-hybridized carbons (Fsp3) is 0.213. The van der Waals surface area contributed by atoms with Crippen molar-refractivity contribution in [2.45, 2.75) is 38.1 Å². The second-order valence-electron chi connectivity index (χ2n) is 14.3. The van der Waals surface area contributed by atoms with Gasteiger partial charge in [0.25, 0.3) is 11.8 Å². The molecule has 0 radical (unpaired) electrons. The van der Waals surface area contributed by atoms with Gasteiger partial charge < -0.3 is 19.6 Å². The van der Waals surface area contributed by atoms with Crippen LogP contribution in [0.5, 0.6) is 11.5 Å². The number of fused-ring (bicyclic) bond motifs is 2. The summed E-state index contributed by atoms with van der Waals surface area (Å²) in [6.45, 7) is 0.808. The molecule has 12 nitrogen and oxygen atoms in total. The topological polar surface area (TPSA) is 145 Å². The number of nitrogens with zero attached hydrogens (tertiary/aromatic N) is 5. The Hall–Kier alpha value is -7.21. The normalized spacial score (nSPS) is 14.3. The number of hydrogen-bond donors (Lipinski definition) is 1. The Labute approximate surface area is 341 Å². The van der Waals surface area contributed by atoms with Crippen molar-refractivity contribution in [2.24, 2.45) is 4.99 Å². The summed E-state index contributed by atoms with van der Waals surface area (Å²) in [5.74, 6) is -0.327. The molecule has 8 rings (SSSR count). The Morgan fingerprint density at radius 3 is 2.32 bits per heavy atom. The summed E-state index contributed by atoms with van der Waals surface area (Å²) in [5, 5.41) is 7.53. The molecule has 4 aromatic carbocycles. The van der Waals surface area contributed by atoms with Crippen molar-refractivity contribution in [1.29, 1.82) is 0 Å². The molecular formula is C47H42N6O6. The quantitative estimate of drug-likeness (QED) is 0.0656. The zero-order chi connectivity index (χ0) is 40.9. The maximum absolute atomic E-state index is 13.7. The van der Waals surface area contributed by atoms with Crippen LogP contribution in [0, 0.1) is 0 Å². The number of likely N-dealkylation sites (N-methyl/N-ethyl adjacent to an activating group) is 1. The first-order chi connectivity index (χ1) is 28.9. The highest BCUT2D eigenvalue weighted by Gasteiger charge is 2.43. The molecule has 12 heteroatoms. The van der Waals surface area contributed by atoms with E-state index in [9.17, 15) is 19.2 Å². The smallest absolute Gasteiger partial charge is 0.262 e. The first-order valence-corrected chi connectivity index (χ1v) is 19.6. The average molecular weight is 787 g/mol. The van der Waals surface area contributed by atoms with E-state index in [-0.39, 0.29) is 24.0 Å². The predicted molar refractivity (Wildman–Crippen MR) is 224 cm³/mol. The van der Waals surface area contributed by atoms with Crippen LogP contribution in [-0.4, -0.2) is 82.7 Å². The lowest BCUT2D eigenvalue weighted by Crippen LogP contribution is -2.48. The van der Waals surface area contributed by atoms with Crippen molar-refractivity contribution in [3.05, 3.63) is 138 Å². The molecule has 1 N–H and O–H groups in total. The molecule has 6 aromatic rings. The number of nitrogens with one attached hydrogen (secondary N) is 1. The predicted octanol–water partition coefficient (Wildman–Crippen LogP) is 7.17. The monoisotopic (exact) mass is 786 g/mol. The molecule has 0 saturated carbocycles. The van der Waals surface area contributed by atoms with Crippen LogP contribution in [0.2, 0.25) is 0 Å².